The molecular weight excluding hydrogens is 329 g/mol. The molecule has 2 amide bonds. The molecule has 0 aliphatic rings. The first-order valence-corrected chi connectivity index (χ1v) is 8.85. The van der Waals surface area contributed by atoms with Gasteiger partial charge in [-0.3, -0.25) is 0 Å². The van der Waals surface area contributed by atoms with Crippen LogP contribution in [0, 0.1) is 5.82 Å². The molecular formula is C21H28FN3O. The molecule has 2 unspecified atom stereocenters. The second-order valence-electron chi connectivity index (χ2n) is 6.80. The lowest BCUT2D eigenvalue weighted by Gasteiger charge is -2.29. The molecule has 0 fully saturated rings. The third kappa shape index (κ3) is 5.30. The fourth-order valence-electron chi connectivity index (χ4n) is 2.85. The maximum Gasteiger partial charge on any atom is 0.317 e. The van der Waals surface area contributed by atoms with Crippen molar-refractivity contribution < 1.29 is 9.18 Å². The van der Waals surface area contributed by atoms with Gasteiger partial charge in [0.25, 0.3) is 0 Å². The number of nitrogens with zero attached hydrogens (tertiary/aromatic N) is 2. The molecule has 140 valence electrons. The van der Waals surface area contributed by atoms with Crippen molar-refractivity contribution in [3.63, 3.8) is 0 Å². The number of carbonyl (C=O) groups is 1. The average molecular weight is 357 g/mol. The molecule has 0 radical (unpaired) electrons. The predicted octanol–water partition coefficient (Wildman–Crippen LogP) is 3.70. The van der Waals surface area contributed by atoms with Crippen LogP contribution in [0.4, 0.5) is 9.18 Å². The normalized spacial score (nSPS) is 13.3. The molecule has 0 saturated heterocycles. The lowest BCUT2D eigenvalue weighted by molar-refractivity contribution is 0.188. The number of urea groups is 1. The largest absolute Gasteiger partial charge is 0.336 e. The highest BCUT2D eigenvalue weighted by Gasteiger charge is 2.21. The SMILES string of the molecule is CC(c1ccccc1F)N(C)C(=O)NCC(Cc1ccccc1)N(C)C. The molecule has 2 atom stereocenters. The van der Waals surface area contributed by atoms with Crippen LogP contribution in [0.5, 0.6) is 0 Å². The van der Waals surface area contributed by atoms with Gasteiger partial charge in [-0.1, -0.05) is 48.5 Å². The van der Waals surface area contributed by atoms with Crippen LogP contribution in [-0.2, 0) is 6.42 Å². The summed E-state index contributed by atoms with van der Waals surface area (Å²) in [5.41, 5.74) is 1.74. The first-order chi connectivity index (χ1) is 12.4. The topological polar surface area (TPSA) is 35.6 Å². The maximum absolute atomic E-state index is 14.0. The molecule has 2 aromatic rings. The molecule has 5 heteroatoms. The van der Waals surface area contributed by atoms with Gasteiger partial charge in [-0.15, -0.1) is 0 Å². The summed E-state index contributed by atoms with van der Waals surface area (Å²) in [4.78, 5) is 16.2. The van der Waals surface area contributed by atoms with Crippen LogP contribution in [0.15, 0.2) is 54.6 Å². The Hall–Kier alpha value is -2.40. The monoisotopic (exact) mass is 357 g/mol. The van der Waals surface area contributed by atoms with Crippen LogP contribution in [0.2, 0.25) is 0 Å². The Labute approximate surface area is 155 Å². The molecule has 0 aromatic heterocycles. The maximum atomic E-state index is 14.0. The van der Waals surface area contributed by atoms with Crippen molar-refractivity contribution in [1.29, 1.82) is 0 Å². The highest BCUT2D eigenvalue weighted by atomic mass is 19.1. The van der Waals surface area contributed by atoms with Crippen molar-refractivity contribution in [2.45, 2.75) is 25.4 Å². The van der Waals surface area contributed by atoms with Crippen molar-refractivity contribution in [2.24, 2.45) is 0 Å². The van der Waals surface area contributed by atoms with Gasteiger partial charge in [-0.25, -0.2) is 9.18 Å². The van der Waals surface area contributed by atoms with Crippen LogP contribution in [0.1, 0.15) is 24.1 Å². The second-order valence-corrected chi connectivity index (χ2v) is 6.80. The van der Waals surface area contributed by atoms with Crippen LogP contribution >= 0.6 is 0 Å². The van der Waals surface area contributed by atoms with Gasteiger partial charge in [0.05, 0.1) is 6.04 Å². The van der Waals surface area contributed by atoms with Crippen LogP contribution in [0.25, 0.3) is 0 Å². The Bertz CT molecular complexity index is 705. The zero-order valence-corrected chi connectivity index (χ0v) is 15.9. The Morgan fingerprint density at radius 3 is 2.27 bits per heavy atom. The molecule has 0 bridgehead atoms. The zero-order valence-electron chi connectivity index (χ0n) is 15.9. The number of rotatable bonds is 7. The van der Waals surface area contributed by atoms with E-state index in [1.807, 2.05) is 39.2 Å². The van der Waals surface area contributed by atoms with Gasteiger partial charge in [0.2, 0.25) is 0 Å². The van der Waals surface area contributed by atoms with Crippen molar-refractivity contribution in [3.05, 3.63) is 71.5 Å². The minimum Gasteiger partial charge on any atom is -0.336 e. The minimum absolute atomic E-state index is 0.179. The molecule has 2 rings (SSSR count). The van der Waals surface area contributed by atoms with Gasteiger partial charge in [-0.05, 0) is 39.1 Å². The Morgan fingerprint density at radius 2 is 1.65 bits per heavy atom. The quantitative estimate of drug-likeness (QED) is 0.820. The number of nitrogens with one attached hydrogen (secondary N) is 1. The molecule has 0 heterocycles. The van der Waals surface area contributed by atoms with E-state index in [2.05, 4.69) is 22.3 Å². The summed E-state index contributed by atoms with van der Waals surface area (Å²) in [5.74, 6) is -0.296. The summed E-state index contributed by atoms with van der Waals surface area (Å²) in [6, 6.07) is 16.4. The highest BCUT2D eigenvalue weighted by molar-refractivity contribution is 5.74. The van der Waals surface area contributed by atoms with Crippen molar-refractivity contribution in [2.75, 3.05) is 27.7 Å². The predicted molar refractivity (Wildman–Crippen MR) is 104 cm³/mol. The molecule has 0 saturated carbocycles. The Balaban J connectivity index is 1.95. The lowest BCUT2D eigenvalue weighted by atomic mass is 10.1. The number of halogens is 1. The average Bonchev–Trinajstić information content (AvgIpc) is 2.64. The van der Waals surface area contributed by atoms with Crippen LogP contribution in [-0.4, -0.2) is 49.6 Å². The third-order valence-corrected chi connectivity index (χ3v) is 4.79. The number of likely N-dealkylation sites (N-methyl/N-ethyl adjacent to an activating group) is 1. The number of hydrogen-bond acceptors (Lipinski definition) is 2. The van der Waals surface area contributed by atoms with E-state index in [1.54, 1.807) is 25.2 Å². The standard InChI is InChI=1S/C21H28FN3O/c1-16(19-12-8-9-13-20(19)22)25(4)21(26)23-15-18(24(2)3)14-17-10-6-5-7-11-17/h5-13,16,18H,14-15H2,1-4H3,(H,23,26). The van der Waals surface area contributed by atoms with E-state index in [1.165, 1.54) is 16.5 Å². The van der Waals surface area contributed by atoms with Gasteiger partial charge in [0.15, 0.2) is 0 Å². The van der Waals surface area contributed by atoms with E-state index in [4.69, 9.17) is 0 Å². The minimum atomic E-state index is -0.344. The van der Waals surface area contributed by atoms with Crippen LogP contribution in [0.3, 0.4) is 0 Å². The summed E-state index contributed by atoms with van der Waals surface area (Å²) < 4.78 is 14.0. The highest BCUT2D eigenvalue weighted by Crippen LogP contribution is 2.21. The number of carbonyl (C=O) groups excluding carboxylic acids is 1. The molecule has 1 N–H and O–H groups in total. The summed E-state index contributed by atoms with van der Waals surface area (Å²) in [7, 11) is 5.70. The molecule has 0 spiro atoms. The first-order valence-electron chi connectivity index (χ1n) is 8.85. The smallest absolute Gasteiger partial charge is 0.317 e. The molecule has 0 aliphatic carbocycles. The zero-order chi connectivity index (χ0) is 19.1. The number of amides is 2. The Morgan fingerprint density at radius 1 is 1.04 bits per heavy atom. The second kappa shape index (κ2) is 9.34. The van der Waals surface area contributed by atoms with E-state index >= 15 is 0 Å². The Kier molecular flexibility index (Phi) is 7.16. The fraction of sp³-hybridized carbons (Fsp3) is 0.381. The van der Waals surface area contributed by atoms with Gasteiger partial charge in [0.1, 0.15) is 5.82 Å². The summed E-state index contributed by atoms with van der Waals surface area (Å²) in [6.45, 7) is 2.35. The summed E-state index contributed by atoms with van der Waals surface area (Å²) in [6.07, 6.45) is 0.848. The van der Waals surface area contributed by atoms with Crippen molar-refractivity contribution in [1.82, 2.24) is 15.1 Å². The number of hydrogen-bond donors (Lipinski definition) is 1. The van der Waals surface area contributed by atoms with E-state index in [-0.39, 0.29) is 23.9 Å². The summed E-state index contributed by atoms with van der Waals surface area (Å²) in [5, 5.41) is 2.98. The number of benzene rings is 2. The summed E-state index contributed by atoms with van der Waals surface area (Å²) >= 11 is 0. The van der Waals surface area contributed by atoms with E-state index in [0.717, 1.165) is 6.42 Å². The van der Waals surface area contributed by atoms with Crippen LogP contribution < -0.4 is 5.32 Å². The molecule has 0 aliphatic heterocycles. The van der Waals surface area contributed by atoms with Crippen molar-refractivity contribution in [3.8, 4) is 0 Å². The van der Waals surface area contributed by atoms with Gasteiger partial charge < -0.3 is 15.1 Å². The third-order valence-electron chi connectivity index (χ3n) is 4.79. The first kappa shape index (κ1) is 19.9. The van der Waals surface area contributed by atoms with E-state index in [9.17, 15) is 9.18 Å². The van der Waals surface area contributed by atoms with Gasteiger partial charge in [-0.2, -0.15) is 0 Å². The van der Waals surface area contributed by atoms with E-state index in [0.29, 0.717) is 12.1 Å². The van der Waals surface area contributed by atoms with E-state index < -0.39 is 0 Å². The molecule has 4 nitrogen and oxygen atoms in total. The van der Waals surface area contributed by atoms with Gasteiger partial charge in [0, 0.05) is 25.2 Å². The molecule has 2 aromatic carbocycles. The van der Waals surface area contributed by atoms with Gasteiger partial charge >= 0.3 is 6.03 Å². The van der Waals surface area contributed by atoms with Crippen molar-refractivity contribution >= 4 is 6.03 Å². The lowest BCUT2D eigenvalue weighted by Crippen LogP contribution is -2.46. The molecule has 26 heavy (non-hydrogen) atoms. The fourth-order valence-corrected chi connectivity index (χ4v) is 2.85.